The second-order valence-electron chi connectivity index (χ2n) is 6.88. The van der Waals surface area contributed by atoms with E-state index in [0.29, 0.717) is 29.2 Å². The number of amides is 1. The maximum absolute atomic E-state index is 12.6. The lowest BCUT2D eigenvalue weighted by Crippen LogP contribution is -2.51. The molecular formula is C18H23ClN6O2. The van der Waals surface area contributed by atoms with E-state index in [4.69, 9.17) is 17.3 Å². The molecule has 27 heavy (non-hydrogen) atoms. The van der Waals surface area contributed by atoms with Crippen LogP contribution in [0.3, 0.4) is 0 Å². The van der Waals surface area contributed by atoms with Crippen molar-refractivity contribution in [3.63, 3.8) is 0 Å². The number of nitrogens with two attached hydrogens (primary N) is 1. The summed E-state index contributed by atoms with van der Waals surface area (Å²) in [5, 5.41) is 6.15. The number of aldehydes is 1. The first-order valence-electron chi connectivity index (χ1n) is 8.85. The van der Waals surface area contributed by atoms with Crippen LogP contribution in [0.2, 0.25) is 0 Å². The van der Waals surface area contributed by atoms with Crippen molar-refractivity contribution in [1.82, 2.24) is 20.2 Å². The van der Waals surface area contributed by atoms with E-state index < -0.39 is 0 Å². The van der Waals surface area contributed by atoms with Crippen molar-refractivity contribution in [2.45, 2.75) is 44.7 Å². The monoisotopic (exact) mass is 390 g/mol. The molecule has 2 fully saturated rings. The quantitative estimate of drug-likeness (QED) is 0.532. The van der Waals surface area contributed by atoms with Gasteiger partial charge in [0, 0.05) is 12.6 Å². The third kappa shape index (κ3) is 3.62. The Hall–Kier alpha value is -2.61. The van der Waals surface area contributed by atoms with Gasteiger partial charge in [0.1, 0.15) is 29.3 Å². The third-order valence-corrected chi connectivity index (χ3v) is 5.53. The molecule has 144 valence electrons. The van der Waals surface area contributed by atoms with Gasteiger partial charge in [-0.25, -0.2) is 9.97 Å². The topological polar surface area (TPSA) is 113 Å². The van der Waals surface area contributed by atoms with Crippen LogP contribution in [0.25, 0.3) is 0 Å². The van der Waals surface area contributed by atoms with Crippen molar-refractivity contribution in [1.29, 1.82) is 0 Å². The molecule has 2 heterocycles. The van der Waals surface area contributed by atoms with Crippen molar-refractivity contribution < 1.29 is 9.59 Å². The van der Waals surface area contributed by atoms with Crippen LogP contribution in [0, 0.1) is 6.92 Å². The summed E-state index contributed by atoms with van der Waals surface area (Å²) in [5.41, 5.74) is 6.52. The van der Waals surface area contributed by atoms with E-state index in [0.717, 1.165) is 25.7 Å². The highest BCUT2D eigenvalue weighted by Gasteiger charge is 2.46. The number of carbonyl (C=O) groups is 2. The fraction of sp³-hybridized carbons (Fsp3) is 0.444. The molecule has 0 aromatic carbocycles. The molecule has 1 aromatic heterocycles. The number of anilines is 2. The minimum Gasteiger partial charge on any atom is -0.383 e. The summed E-state index contributed by atoms with van der Waals surface area (Å²) in [6.45, 7) is 1.74. The number of nitrogen functional groups attached to an aromatic ring is 1. The molecule has 1 amide bonds. The Morgan fingerprint density at radius 1 is 1.37 bits per heavy atom. The van der Waals surface area contributed by atoms with Crippen LogP contribution in [-0.2, 0) is 9.59 Å². The van der Waals surface area contributed by atoms with Crippen LogP contribution in [0.15, 0.2) is 28.8 Å². The predicted octanol–water partition coefficient (Wildman–Crippen LogP) is 2.03. The molecule has 1 saturated carbocycles. The standard InChI is InChI=1S/C18H23ClN6O2/c1-11-15(20)21-10-22-16(11)23-12(9-26)8-13(19)14-17(27)24-18(25(14)2)6-4-3-5-7-18/h8-10H,3-7H2,1-2H3,(H,24,27)(H3,20,21,22,23)/b12-8+,14-13+. The highest BCUT2D eigenvalue weighted by molar-refractivity contribution is 6.33. The van der Waals surface area contributed by atoms with Crippen LogP contribution >= 0.6 is 11.6 Å². The summed E-state index contributed by atoms with van der Waals surface area (Å²) in [7, 11) is 1.86. The van der Waals surface area contributed by atoms with E-state index in [2.05, 4.69) is 20.6 Å². The molecule has 4 N–H and O–H groups in total. The van der Waals surface area contributed by atoms with Crippen molar-refractivity contribution in [3.8, 4) is 0 Å². The average Bonchev–Trinajstić information content (AvgIpc) is 2.88. The summed E-state index contributed by atoms with van der Waals surface area (Å²) in [6, 6.07) is 0. The van der Waals surface area contributed by atoms with E-state index in [1.807, 2.05) is 11.9 Å². The van der Waals surface area contributed by atoms with Gasteiger partial charge >= 0.3 is 0 Å². The Morgan fingerprint density at radius 3 is 2.74 bits per heavy atom. The Morgan fingerprint density at radius 2 is 2.07 bits per heavy atom. The van der Waals surface area contributed by atoms with Gasteiger partial charge in [-0.05, 0) is 38.7 Å². The zero-order chi connectivity index (χ0) is 19.6. The smallest absolute Gasteiger partial charge is 0.270 e. The number of likely N-dealkylation sites (N-methyl/N-ethyl adjacent to an activating group) is 1. The third-order valence-electron chi connectivity index (χ3n) is 5.24. The molecule has 2 aliphatic rings. The first-order valence-corrected chi connectivity index (χ1v) is 9.23. The Labute approximate surface area is 162 Å². The van der Waals surface area contributed by atoms with Gasteiger partial charge in [-0.15, -0.1) is 0 Å². The number of rotatable bonds is 4. The molecule has 0 radical (unpaired) electrons. The fourth-order valence-corrected chi connectivity index (χ4v) is 3.95. The maximum atomic E-state index is 12.6. The van der Waals surface area contributed by atoms with Gasteiger partial charge < -0.3 is 21.3 Å². The summed E-state index contributed by atoms with van der Waals surface area (Å²) in [5.74, 6) is 0.494. The molecule has 8 nitrogen and oxygen atoms in total. The van der Waals surface area contributed by atoms with Gasteiger partial charge in [0.05, 0.1) is 10.7 Å². The molecule has 1 aliphatic heterocycles. The SMILES string of the molecule is Cc1c(N)ncnc1N/C(C=O)=C/C(Cl)=C1/C(=O)NC2(CCCCC2)N1C. The second-order valence-corrected chi connectivity index (χ2v) is 7.28. The van der Waals surface area contributed by atoms with Gasteiger partial charge in [0.25, 0.3) is 5.91 Å². The largest absolute Gasteiger partial charge is 0.383 e. The number of allylic oxidation sites excluding steroid dienone is 3. The van der Waals surface area contributed by atoms with Crippen molar-refractivity contribution in [3.05, 3.63) is 34.4 Å². The molecule has 9 heteroatoms. The number of halogens is 1. The van der Waals surface area contributed by atoms with Crippen molar-refractivity contribution >= 4 is 35.4 Å². The van der Waals surface area contributed by atoms with Gasteiger partial charge in [-0.1, -0.05) is 18.0 Å². The Balaban J connectivity index is 1.90. The predicted molar refractivity (Wildman–Crippen MR) is 104 cm³/mol. The van der Waals surface area contributed by atoms with E-state index >= 15 is 0 Å². The molecule has 1 saturated heterocycles. The lowest BCUT2D eigenvalue weighted by Gasteiger charge is -2.39. The molecule has 3 rings (SSSR count). The number of nitrogens with one attached hydrogen (secondary N) is 2. The van der Waals surface area contributed by atoms with E-state index in [9.17, 15) is 9.59 Å². The average molecular weight is 391 g/mol. The number of hydrogen-bond acceptors (Lipinski definition) is 7. The molecular weight excluding hydrogens is 368 g/mol. The highest BCUT2D eigenvalue weighted by Crippen LogP contribution is 2.38. The van der Waals surface area contributed by atoms with Crippen LogP contribution < -0.4 is 16.4 Å². The summed E-state index contributed by atoms with van der Waals surface area (Å²) >= 11 is 6.43. The number of hydrogen-bond donors (Lipinski definition) is 3. The van der Waals surface area contributed by atoms with E-state index in [1.54, 1.807) is 6.92 Å². The van der Waals surface area contributed by atoms with E-state index in [-0.39, 0.29) is 22.3 Å². The van der Waals surface area contributed by atoms with Crippen LogP contribution in [0.1, 0.15) is 37.7 Å². The first kappa shape index (κ1) is 19.2. The van der Waals surface area contributed by atoms with Crippen LogP contribution in [-0.4, -0.2) is 39.8 Å². The summed E-state index contributed by atoms with van der Waals surface area (Å²) in [4.78, 5) is 33.9. The zero-order valence-corrected chi connectivity index (χ0v) is 16.1. The molecule has 1 aromatic rings. The molecule has 0 bridgehead atoms. The molecule has 0 atom stereocenters. The van der Waals surface area contributed by atoms with Crippen molar-refractivity contribution in [2.24, 2.45) is 0 Å². The maximum Gasteiger partial charge on any atom is 0.270 e. The van der Waals surface area contributed by atoms with Gasteiger partial charge in [-0.2, -0.15) is 0 Å². The Kier molecular flexibility index (Phi) is 5.36. The normalized spacial score (nSPS) is 21.2. The molecule has 1 aliphatic carbocycles. The lowest BCUT2D eigenvalue weighted by atomic mass is 9.89. The number of aromatic nitrogens is 2. The van der Waals surface area contributed by atoms with Gasteiger partial charge in [-0.3, -0.25) is 9.59 Å². The molecule has 0 unspecified atom stereocenters. The molecule has 1 spiro atoms. The fourth-order valence-electron chi connectivity index (χ4n) is 3.62. The second kappa shape index (κ2) is 7.56. The van der Waals surface area contributed by atoms with Gasteiger partial charge in [0.15, 0.2) is 6.29 Å². The summed E-state index contributed by atoms with van der Waals surface area (Å²) in [6.07, 6.45) is 8.39. The lowest BCUT2D eigenvalue weighted by molar-refractivity contribution is -0.117. The first-order chi connectivity index (χ1) is 12.9. The highest BCUT2D eigenvalue weighted by atomic mass is 35.5. The van der Waals surface area contributed by atoms with Gasteiger partial charge in [0.2, 0.25) is 0 Å². The minimum absolute atomic E-state index is 0.166. The Bertz CT molecular complexity index is 829. The number of carbonyl (C=O) groups excluding carboxylic acids is 2. The zero-order valence-electron chi connectivity index (χ0n) is 15.4. The minimum atomic E-state index is -0.384. The van der Waals surface area contributed by atoms with Crippen LogP contribution in [0.4, 0.5) is 11.6 Å². The van der Waals surface area contributed by atoms with E-state index in [1.165, 1.54) is 18.8 Å². The van der Waals surface area contributed by atoms with Crippen LogP contribution in [0.5, 0.6) is 0 Å². The van der Waals surface area contributed by atoms with Crippen molar-refractivity contribution in [2.75, 3.05) is 18.1 Å². The number of nitrogens with zero attached hydrogens (tertiary/aromatic N) is 3. The summed E-state index contributed by atoms with van der Waals surface area (Å²) < 4.78 is 0.